The van der Waals surface area contributed by atoms with Crippen LogP contribution in [0.1, 0.15) is 16.6 Å². The lowest BCUT2D eigenvalue weighted by Gasteiger charge is -2.07. The standard InChI is InChI=1S/C16H15N3O3S/c1-3-22-15(21)14-9-17-16(23-14)18-10-4-5-11-12(8-10)19(2)7-6-13(11)20/h4-9H,3H2,1-2H3,(H,17,18). The van der Waals surface area contributed by atoms with Gasteiger partial charge in [-0.25, -0.2) is 9.78 Å². The second-order valence-electron chi connectivity index (χ2n) is 4.90. The van der Waals surface area contributed by atoms with Crippen molar-refractivity contribution in [2.24, 2.45) is 7.05 Å². The second-order valence-corrected chi connectivity index (χ2v) is 5.93. The van der Waals surface area contributed by atoms with E-state index in [2.05, 4.69) is 10.3 Å². The van der Waals surface area contributed by atoms with E-state index in [9.17, 15) is 9.59 Å². The SMILES string of the molecule is CCOC(=O)c1cnc(Nc2ccc3c(=O)ccn(C)c3c2)s1. The Morgan fingerprint density at radius 2 is 2.22 bits per heavy atom. The van der Waals surface area contributed by atoms with Gasteiger partial charge in [-0.2, -0.15) is 0 Å². The fourth-order valence-corrected chi connectivity index (χ4v) is 2.94. The van der Waals surface area contributed by atoms with Crippen molar-refractivity contribution in [1.82, 2.24) is 9.55 Å². The normalized spacial score (nSPS) is 10.7. The number of carbonyl (C=O) groups is 1. The average molecular weight is 329 g/mol. The van der Waals surface area contributed by atoms with Crippen LogP contribution in [0.4, 0.5) is 10.8 Å². The van der Waals surface area contributed by atoms with Crippen molar-refractivity contribution in [2.45, 2.75) is 6.92 Å². The number of hydrogen-bond acceptors (Lipinski definition) is 6. The van der Waals surface area contributed by atoms with Gasteiger partial charge in [0.1, 0.15) is 4.88 Å². The van der Waals surface area contributed by atoms with Gasteiger partial charge in [-0.15, -0.1) is 0 Å². The Hall–Kier alpha value is -2.67. The molecule has 0 saturated heterocycles. The van der Waals surface area contributed by atoms with Crippen molar-refractivity contribution in [3.8, 4) is 0 Å². The molecule has 6 nitrogen and oxygen atoms in total. The van der Waals surface area contributed by atoms with Crippen LogP contribution in [-0.2, 0) is 11.8 Å². The first-order valence-corrected chi connectivity index (χ1v) is 7.89. The van der Waals surface area contributed by atoms with Gasteiger partial charge in [0.25, 0.3) is 0 Å². The number of rotatable bonds is 4. The highest BCUT2D eigenvalue weighted by Crippen LogP contribution is 2.24. The van der Waals surface area contributed by atoms with E-state index < -0.39 is 0 Å². The summed E-state index contributed by atoms with van der Waals surface area (Å²) in [7, 11) is 1.88. The number of fused-ring (bicyclic) bond motifs is 1. The molecule has 2 aromatic heterocycles. The van der Waals surface area contributed by atoms with E-state index in [-0.39, 0.29) is 11.4 Å². The van der Waals surface area contributed by atoms with Crippen molar-refractivity contribution in [3.05, 3.63) is 51.8 Å². The van der Waals surface area contributed by atoms with Crippen molar-refractivity contribution in [3.63, 3.8) is 0 Å². The Bertz CT molecular complexity index is 930. The van der Waals surface area contributed by atoms with Crippen LogP contribution in [0.3, 0.4) is 0 Å². The number of pyridine rings is 1. The molecule has 0 bridgehead atoms. The molecule has 2 heterocycles. The molecule has 0 unspecified atom stereocenters. The molecule has 0 aliphatic carbocycles. The molecule has 3 rings (SSSR count). The van der Waals surface area contributed by atoms with Gasteiger partial charge in [-0.05, 0) is 25.1 Å². The van der Waals surface area contributed by atoms with Crippen molar-refractivity contribution < 1.29 is 9.53 Å². The third-order valence-electron chi connectivity index (χ3n) is 3.33. The minimum Gasteiger partial charge on any atom is -0.462 e. The van der Waals surface area contributed by atoms with Crippen molar-refractivity contribution in [1.29, 1.82) is 0 Å². The second kappa shape index (κ2) is 6.21. The number of hydrogen-bond donors (Lipinski definition) is 1. The Balaban J connectivity index is 1.89. The van der Waals surface area contributed by atoms with E-state index >= 15 is 0 Å². The summed E-state index contributed by atoms with van der Waals surface area (Å²) >= 11 is 1.22. The highest BCUT2D eigenvalue weighted by molar-refractivity contribution is 7.17. The molecule has 0 saturated carbocycles. The molecule has 1 N–H and O–H groups in total. The van der Waals surface area contributed by atoms with E-state index in [1.807, 2.05) is 23.7 Å². The average Bonchev–Trinajstić information content (AvgIpc) is 3.00. The molecule has 0 fully saturated rings. The molecule has 23 heavy (non-hydrogen) atoms. The number of nitrogens with zero attached hydrogens (tertiary/aromatic N) is 2. The van der Waals surface area contributed by atoms with Gasteiger partial charge in [0.05, 0.1) is 18.3 Å². The summed E-state index contributed by atoms with van der Waals surface area (Å²) in [6.07, 6.45) is 3.22. The Labute approximate surface area is 136 Å². The third-order valence-corrected chi connectivity index (χ3v) is 4.22. The molecule has 1 aromatic carbocycles. The number of esters is 1. The van der Waals surface area contributed by atoms with Gasteiger partial charge in [0.15, 0.2) is 10.6 Å². The lowest BCUT2D eigenvalue weighted by molar-refractivity contribution is 0.0532. The van der Waals surface area contributed by atoms with Crippen LogP contribution in [-0.4, -0.2) is 22.1 Å². The molecule has 0 amide bonds. The number of thiazole rings is 1. The maximum absolute atomic E-state index is 11.8. The highest BCUT2D eigenvalue weighted by Gasteiger charge is 2.11. The summed E-state index contributed by atoms with van der Waals surface area (Å²) in [6.45, 7) is 2.09. The number of aryl methyl sites for hydroxylation is 1. The summed E-state index contributed by atoms with van der Waals surface area (Å²) < 4.78 is 6.83. The zero-order valence-corrected chi connectivity index (χ0v) is 13.5. The minimum absolute atomic E-state index is 0.0107. The molecule has 0 spiro atoms. The van der Waals surface area contributed by atoms with Crippen molar-refractivity contribution in [2.75, 3.05) is 11.9 Å². The Morgan fingerprint density at radius 1 is 1.39 bits per heavy atom. The largest absolute Gasteiger partial charge is 0.462 e. The van der Waals surface area contributed by atoms with Gasteiger partial charge in [0, 0.05) is 30.4 Å². The quantitative estimate of drug-likeness (QED) is 0.745. The van der Waals surface area contributed by atoms with Gasteiger partial charge in [-0.3, -0.25) is 4.79 Å². The number of nitrogens with one attached hydrogen (secondary N) is 1. The number of carbonyl (C=O) groups excluding carboxylic acids is 1. The summed E-state index contributed by atoms with van der Waals surface area (Å²) in [4.78, 5) is 28.1. The molecule has 0 atom stereocenters. The lowest BCUT2D eigenvalue weighted by Crippen LogP contribution is -2.05. The molecule has 118 valence electrons. The summed E-state index contributed by atoms with van der Waals surface area (Å²) in [5, 5.41) is 4.39. The molecule has 0 aliphatic rings. The van der Waals surface area contributed by atoms with Crippen LogP contribution in [0.5, 0.6) is 0 Å². The fourth-order valence-electron chi connectivity index (χ4n) is 2.21. The number of aromatic nitrogens is 2. The van der Waals surface area contributed by atoms with Crippen molar-refractivity contribution >= 4 is 39.0 Å². The topological polar surface area (TPSA) is 73.2 Å². The summed E-state index contributed by atoms with van der Waals surface area (Å²) in [6, 6.07) is 7.01. The molecule has 0 radical (unpaired) electrons. The van der Waals surface area contributed by atoms with E-state index in [0.717, 1.165) is 11.2 Å². The Kier molecular flexibility index (Phi) is 4.12. The van der Waals surface area contributed by atoms with Gasteiger partial charge >= 0.3 is 5.97 Å². The van der Waals surface area contributed by atoms with Crippen LogP contribution in [0.2, 0.25) is 0 Å². The highest BCUT2D eigenvalue weighted by atomic mass is 32.1. The number of ether oxygens (including phenoxy) is 1. The first-order valence-electron chi connectivity index (χ1n) is 7.08. The lowest BCUT2D eigenvalue weighted by atomic mass is 10.2. The first kappa shape index (κ1) is 15.2. The van der Waals surface area contributed by atoms with E-state index in [1.54, 1.807) is 25.3 Å². The summed E-state index contributed by atoms with van der Waals surface area (Å²) in [5.74, 6) is -0.376. The zero-order valence-electron chi connectivity index (χ0n) is 12.7. The van der Waals surface area contributed by atoms with E-state index in [0.29, 0.717) is 22.0 Å². The minimum atomic E-state index is -0.376. The number of anilines is 2. The van der Waals surface area contributed by atoms with Crippen LogP contribution < -0.4 is 10.7 Å². The van der Waals surface area contributed by atoms with Gasteiger partial charge < -0.3 is 14.6 Å². The van der Waals surface area contributed by atoms with Crippen LogP contribution in [0.25, 0.3) is 10.9 Å². The zero-order chi connectivity index (χ0) is 16.4. The molecule has 0 aliphatic heterocycles. The van der Waals surface area contributed by atoms with E-state index in [1.165, 1.54) is 17.5 Å². The molecule has 3 aromatic rings. The molecular formula is C16H15N3O3S. The van der Waals surface area contributed by atoms with E-state index in [4.69, 9.17) is 4.74 Å². The maximum atomic E-state index is 11.8. The molecular weight excluding hydrogens is 314 g/mol. The maximum Gasteiger partial charge on any atom is 0.350 e. The monoisotopic (exact) mass is 329 g/mol. The third kappa shape index (κ3) is 3.09. The van der Waals surface area contributed by atoms with Crippen LogP contribution in [0, 0.1) is 0 Å². The first-order chi connectivity index (χ1) is 11.1. The van der Waals surface area contributed by atoms with Crippen LogP contribution >= 0.6 is 11.3 Å². The number of benzene rings is 1. The molecule has 7 heteroatoms. The smallest absolute Gasteiger partial charge is 0.350 e. The summed E-state index contributed by atoms with van der Waals surface area (Å²) in [5.41, 5.74) is 1.61. The van der Waals surface area contributed by atoms with Crippen LogP contribution in [0.15, 0.2) is 41.5 Å². The predicted molar refractivity (Wildman–Crippen MR) is 90.5 cm³/mol. The van der Waals surface area contributed by atoms with Gasteiger partial charge in [-0.1, -0.05) is 11.3 Å². The van der Waals surface area contributed by atoms with Gasteiger partial charge in [0.2, 0.25) is 0 Å². The fraction of sp³-hybridized carbons (Fsp3) is 0.188. The Morgan fingerprint density at radius 3 is 3.00 bits per heavy atom. The predicted octanol–water partition coefficient (Wildman–Crippen LogP) is 2.92.